The van der Waals surface area contributed by atoms with E-state index < -0.39 is 0 Å². The normalized spacial score (nSPS) is 14.9. The van der Waals surface area contributed by atoms with E-state index in [2.05, 4.69) is 45.2 Å². The molecule has 0 nitrogen and oxygen atoms in total. The second kappa shape index (κ2) is 2.98. The topological polar surface area (TPSA) is 0 Å². The lowest BCUT2D eigenvalue weighted by atomic mass is 9.81. The maximum Gasteiger partial charge on any atom is 0.00786 e. The summed E-state index contributed by atoms with van der Waals surface area (Å²) in [5.41, 5.74) is 0.394. The Kier molecular flexibility index (Phi) is 2.38. The van der Waals surface area contributed by atoms with Gasteiger partial charge in [-0.25, -0.2) is 0 Å². The molecule has 0 fully saturated rings. The molecule has 1 aromatic rings. The summed E-state index contributed by atoms with van der Waals surface area (Å²) in [6.07, 6.45) is 0. The monoisotopic (exact) mass is 168 g/mol. The molecule has 1 atom stereocenters. The lowest BCUT2D eigenvalue weighted by Crippen LogP contribution is -2.13. The highest BCUT2D eigenvalue weighted by atomic mass is 32.1. The van der Waals surface area contributed by atoms with Crippen molar-refractivity contribution in [2.45, 2.75) is 33.6 Å². The van der Waals surface area contributed by atoms with Crippen LogP contribution in [0.2, 0.25) is 0 Å². The summed E-state index contributed by atoms with van der Waals surface area (Å²) in [4.78, 5) is 1.50. The van der Waals surface area contributed by atoms with Crippen molar-refractivity contribution in [2.75, 3.05) is 0 Å². The Balaban J connectivity index is 2.78. The SMILES string of the molecule is C[C@@H](c1cccs1)C(C)(C)C. The van der Waals surface area contributed by atoms with E-state index in [1.165, 1.54) is 4.88 Å². The van der Waals surface area contributed by atoms with Gasteiger partial charge in [-0.3, -0.25) is 0 Å². The van der Waals surface area contributed by atoms with Crippen molar-refractivity contribution in [3.05, 3.63) is 22.4 Å². The Morgan fingerprint density at radius 3 is 2.36 bits per heavy atom. The van der Waals surface area contributed by atoms with Gasteiger partial charge in [-0.1, -0.05) is 33.8 Å². The van der Waals surface area contributed by atoms with E-state index in [0.29, 0.717) is 11.3 Å². The summed E-state index contributed by atoms with van der Waals surface area (Å²) in [6.45, 7) is 9.16. The largest absolute Gasteiger partial charge is 0.149 e. The number of rotatable bonds is 1. The third kappa shape index (κ3) is 2.06. The lowest BCUT2D eigenvalue weighted by Gasteiger charge is -2.26. The molecule has 0 saturated carbocycles. The predicted molar refractivity (Wildman–Crippen MR) is 52.2 cm³/mol. The van der Waals surface area contributed by atoms with Gasteiger partial charge in [0.05, 0.1) is 0 Å². The molecule has 0 aromatic carbocycles. The summed E-state index contributed by atoms with van der Waals surface area (Å²) >= 11 is 1.86. The van der Waals surface area contributed by atoms with Crippen LogP contribution in [0.4, 0.5) is 0 Å². The molecule has 0 unspecified atom stereocenters. The first-order chi connectivity index (χ1) is 5.02. The summed E-state index contributed by atoms with van der Waals surface area (Å²) < 4.78 is 0. The Morgan fingerprint density at radius 2 is 2.00 bits per heavy atom. The van der Waals surface area contributed by atoms with Gasteiger partial charge in [-0.15, -0.1) is 11.3 Å². The van der Waals surface area contributed by atoms with Crippen molar-refractivity contribution in [1.82, 2.24) is 0 Å². The van der Waals surface area contributed by atoms with Gasteiger partial charge in [0, 0.05) is 4.88 Å². The molecule has 0 aliphatic carbocycles. The van der Waals surface area contributed by atoms with Crippen LogP contribution in [0.3, 0.4) is 0 Å². The predicted octanol–water partition coefficient (Wildman–Crippen LogP) is 3.90. The lowest BCUT2D eigenvalue weighted by molar-refractivity contribution is 0.343. The minimum absolute atomic E-state index is 0.394. The van der Waals surface area contributed by atoms with Gasteiger partial charge < -0.3 is 0 Å². The Labute approximate surface area is 73.3 Å². The van der Waals surface area contributed by atoms with Gasteiger partial charge in [0.2, 0.25) is 0 Å². The highest BCUT2D eigenvalue weighted by molar-refractivity contribution is 7.10. The van der Waals surface area contributed by atoms with Crippen LogP contribution < -0.4 is 0 Å². The summed E-state index contributed by atoms with van der Waals surface area (Å²) in [5, 5.41) is 2.15. The molecule has 0 bridgehead atoms. The van der Waals surface area contributed by atoms with Crippen molar-refractivity contribution in [3.8, 4) is 0 Å². The van der Waals surface area contributed by atoms with E-state index in [9.17, 15) is 0 Å². The quantitative estimate of drug-likeness (QED) is 0.596. The van der Waals surface area contributed by atoms with Crippen molar-refractivity contribution in [3.63, 3.8) is 0 Å². The minimum atomic E-state index is 0.394. The van der Waals surface area contributed by atoms with Gasteiger partial charge in [0.25, 0.3) is 0 Å². The van der Waals surface area contributed by atoms with Crippen molar-refractivity contribution in [1.29, 1.82) is 0 Å². The van der Waals surface area contributed by atoms with E-state index in [0.717, 1.165) is 0 Å². The molecule has 0 spiro atoms. The molecule has 0 N–H and O–H groups in total. The molecule has 11 heavy (non-hydrogen) atoms. The molecular formula is C10H16S. The molecule has 0 aliphatic rings. The molecule has 0 saturated heterocycles. The second-order valence-corrected chi connectivity index (χ2v) is 5.08. The van der Waals surface area contributed by atoms with E-state index in [-0.39, 0.29) is 0 Å². The maximum atomic E-state index is 2.30. The number of thiophene rings is 1. The number of hydrogen-bond acceptors (Lipinski definition) is 1. The molecule has 1 heterocycles. The first kappa shape index (κ1) is 8.79. The van der Waals surface area contributed by atoms with Crippen LogP contribution in [-0.4, -0.2) is 0 Å². The molecule has 1 heteroatoms. The average molecular weight is 168 g/mol. The van der Waals surface area contributed by atoms with Crippen LogP contribution in [0.25, 0.3) is 0 Å². The van der Waals surface area contributed by atoms with Crippen LogP contribution in [0.1, 0.15) is 38.5 Å². The third-order valence-electron chi connectivity index (χ3n) is 2.27. The Bertz CT molecular complexity index is 203. The van der Waals surface area contributed by atoms with Crippen molar-refractivity contribution >= 4 is 11.3 Å². The van der Waals surface area contributed by atoms with E-state index in [1.807, 2.05) is 11.3 Å². The Hall–Kier alpha value is -0.300. The summed E-state index contributed by atoms with van der Waals surface area (Å²) in [5.74, 6) is 0.669. The molecule has 0 amide bonds. The standard InChI is InChI=1S/C10H16S/c1-8(10(2,3)4)9-6-5-7-11-9/h5-8H,1-4H3/t8-/m0/s1. The first-order valence-corrected chi connectivity index (χ1v) is 4.93. The zero-order valence-electron chi connectivity index (χ0n) is 7.72. The summed E-state index contributed by atoms with van der Waals surface area (Å²) in [7, 11) is 0. The molecular weight excluding hydrogens is 152 g/mol. The zero-order chi connectivity index (χ0) is 8.48. The van der Waals surface area contributed by atoms with Gasteiger partial charge in [-0.05, 0) is 22.8 Å². The highest BCUT2D eigenvalue weighted by Crippen LogP contribution is 2.36. The van der Waals surface area contributed by atoms with Crippen molar-refractivity contribution < 1.29 is 0 Å². The van der Waals surface area contributed by atoms with Gasteiger partial charge in [-0.2, -0.15) is 0 Å². The van der Waals surface area contributed by atoms with E-state index >= 15 is 0 Å². The van der Waals surface area contributed by atoms with Crippen LogP contribution >= 0.6 is 11.3 Å². The van der Waals surface area contributed by atoms with Gasteiger partial charge in [0.1, 0.15) is 0 Å². The smallest absolute Gasteiger partial charge is 0.00786 e. The van der Waals surface area contributed by atoms with Gasteiger partial charge in [0.15, 0.2) is 0 Å². The van der Waals surface area contributed by atoms with E-state index in [4.69, 9.17) is 0 Å². The molecule has 0 radical (unpaired) electrons. The fourth-order valence-electron chi connectivity index (χ4n) is 0.964. The molecule has 0 aliphatic heterocycles. The second-order valence-electron chi connectivity index (χ2n) is 4.10. The fourth-order valence-corrected chi connectivity index (χ4v) is 1.99. The van der Waals surface area contributed by atoms with Crippen LogP contribution in [0, 0.1) is 5.41 Å². The first-order valence-electron chi connectivity index (χ1n) is 4.05. The maximum absolute atomic E-state index is 2.30. The molecule has 1 aromatic heterocycles. The average Bonchev–Trinajstić information content (AvgIpc) is 2.34. The molecule has 1 rings (SSSR count). The van der Waals surface area contributed by atoms with Crippen LogP contribution in [-0.2, 0) is 0 Å². The van der Waals surface area contributed by atoms with Crippen LogP contribution in [0.15, 0.2) is 17.5 Å². The fraction of sp³-hybridized carbons (Fsp3) is 0.600. The zero-order valence-corrected chi connectivity index (χ0v) is 8.53. The van der Waals surface area contributed by atoms with Crippen molar-refractivity contribution in [2.24, 2.45) is 5.41 Å². The third-order valence-corrected chi connectivity index (χ3v) is 3.32. The number of hydrogen-bond donors (Lipinski definition) is 0. The summed E-state index contributed by atoms with van der Waals surface area (Å²) in [6, 6.07) is 4.35. The van der Waals surface area contributed by atoms with Gasteiger partial charge >= 0.3 is 0 Å². The highest BCUT2D eigenvalue weighted by Gasteiger charge is 2.21. The Morgan fingerprint density at radius 1 is 1.36 bits per heavy atom. The minimum Gasteiger partial charge on any atom is -0.149 e. The van der Waals surface area contributed by atoms with Crippen LogP contribution in [0.5, 0.6) is 0 Å². The van der Waals surface area contributed by atoms with E-state index in [1.54, 1.807) is 0 Å². The molecule has 62 valence electrons.